The number of benzene rings is 2. The van der Waals surface area contributed by atoms with Crippen molar-refractivity contribution in [1.82, 2.24) is 0 Å². The van der Waals surface area contributed by atoms with E-state index in [0.717, 1.165) is 17.0 Å². The van der Waals surface area contributed by atoms with Gasteiger partial charge in [-0.3, -0.25) is 4.79 Å². The first kappa shape index (κ1) is 14.1. The van der Waals surface area contributed by atoms with E-state index < -0.39 is 5.41 Å². The molecule has 2 aromatic rings. The molecular formula is C20H22O. The van der Waals surface area contributed by atoms with Gasteiger partial charge in [0.1, 0.15) is 0 Å². The van der Waals surface area contributed by atoms with Crippen molar-refractivity contribution < 1.29 is 4.79 Å². The summed E-state index contributed by atoms with van der Waals surface area (Å²) in [5, 5.41) is 0. The first-order valence-electron chi connectivity index (χ1n) is 7.79. The molecule has 0 N–H and O–H groups in total. The third kappa shape index (κ3) is 2.65. The molecule has 0 saturated heterocycles. The molecule has 21 heavy (non-hydrogen) atoms. The molecule has 0 aliphatic heterocycles. The van der Waals surface area contributed by atoms with E-state index in [9.17, 15) is 4.79 Å². The Morgan fingerprint density at radius 2 is 1.57 bits per heavy atom. The molecule has 1 nitrogen and oxygen atoms in total. The summed E-state index contributed by atoms with van der Waals surface area (Å²) in [4.78, 5) is 12.8. The summed E-state index contributed by atoms with van der Waals surface area (Å²) in [7, 11) is 0. The van der Waals surface area contributed by atoms with E-state index in [0.29, 0.717) is 0 Å². The zero-order valence-electron chi connectivity index (χ0n) is 12.8. The van der Waals surface area contributed by atoms with Crippen molar-refractivity contribution in [2.75, 3.05) is 0 Å². The van der Waals surface area contributed by atoms with Crippen molar-refractivity contribution >= 4 is 5.78 Å². The maximum Gasteiger partial charge on any atom is 0.172 e. The number of carbonyl (C=O) groups excluding carboxylic acids is 1. The first-order chi connectivity index (χ1) is 10.1. The van der Waals surface area contributed by atoms with Crippen LogP contribution in [-0.4, -0.2) is 5.78 Å². The number of Topliss-reactive ketones (excluding diaryl/α,β-unsaturated/α-hetero) is 1. The Morgan fingerprint density at radius 1 is 0.952 bits per heavy atom. The largest absolute Gasteiger partial charge is 0.293 e. The van der Waals surface area contributed by atoms with Crippen LogP contribution in [0, 0.1) is 0 Å². The molecule has 0 bridgehead atoms. The molecule has 2 aromatic carbocycles. The molecule has 108 valence electrons. The van der Waals surface area contributed by atoms with Crippen LogP contribution < -0.4 is 0 Å². The molecule has 1 saturated carbocycles. The topological polar surface area (TPSA) is 17.1 Å². The molecular weight excluding hydrogens is 256 g/mol. The van der Waals surface area contributed by atoms with Gasteiger partial charge in [0.05, 0.1) is 5.41 Å². The Labute approximate surface area is 127 Å². The van der Waals surface area contributed by atoms with Crippen molar-refractivity contribution in [3.05, 3.63) is 71.3 Å². The highest BCUT2D eigenvalue weighted by Crippen LogP contribution is 2.36. The Morgan fingerprint density at radius 3 is 2.10 bits per heavy atom. The number of hydrogen-bond acceptors (Lipinski definition) is 1. The lowest BCUT2D eigenvalue weighted by Gasteiger charge is -2.27. The summed E-state index contributed by atoms with van der Waals surface area (Å²) in [6.07, 6.45) is 3.93. The summed E-state index contributed by atoms with van der Waals surface area (Å²) in [5.74, 6) is 0.908. The molecule has 0 radical (unpaired) electrons. The summed E-state index contributed by atoms with van der Waals surface area (Å²) in [6.45, 7) is 4.01. The van der Waals surface area contributed by atoms with Crippen LogP contribution in [0.4, 0.5) is 0 Å². The summed E-state index contributed by atoms with van der Waals surface area (Å²) >= 11 is 0. The molecule has 1 fully saturated rings. The SMILES string of the molecule is CC(C)(C(=O)c1ccc(C2CCC2)cc1)c1ccccc1. The van der Waals surface area contributed by atoms with Crippen molar-refractivity contribution in [3.63, 3.8) is 0 Å². The van der Waals surface area contributed by atoms with E-state index in [1.165, 1.54) is 24.8 Å². The lowest BCUT2D eigenvalue weighted by atomic mass is 9.76. The highest BCUT2D eigenvalue weighted by Gasteiger charge is 2.30. The number of rotatable bonds is 4. The van der Waals surface area contributed by atoms with Crippen LogP contribution in [0.1, 0.15) is 60.5 Å². The second-order valence-corrected chi connectivity index (χ2v) is 6.57. The Hall–Kier alpha value is -1.89. The minimum absolute atomic E-state index is 0.189. The van der Waals surface area contributed by atoms with E-state index in [1.807, 2.05) is 56.3 Å². The van der Waals surface area contributed by atoms with Crippen molar-refractivity contribution in [1.29, 1.82) is 0 Å². The van der Waals surface area contributed by atoms with Crippen LogP contribution in [0.15, 0.2) is 54.6 Å². The Bertz CT molecular complexity index is 619. The molecule has 3 rings (SSSR count). The third-order valence-electron chi connectivity index (χ3n) is 4.81. The van der Waals surface area contributed by atoms with Gasteiger partial charge < -0.3 is 0 Å². The van der Waals surface area contributed by atoms with Crippen LogP contribution in [-0.2, 0) is 5.41 Å². The highest BCUT2D eigenvalue weighted by atomic mass is 16.1. The molecule has 1 aliphatic carbocycles. The van der Waals surface area contributed by atoms with Gasteiger partial charge in [-0.05, 0) is 43.7 Å². The minimum atomic E-state index is -0.487. The number of hydrogen-bond donors (Lipinski definition) is 0. The van der Waals surface area contributed by atoms with Gasteiger partial charge in [-0.2, -0.15) is 0 Å². The molecule has 0 unspecified atom stereocenters. The van der Waals surface area contributed by atoms with E-state index in [1.54, 1.807) is 0 Å². The average molecular weight is 278 g/mol. The van der Waals surface area contributed by atoms with E-state index in [-0.39, 0.29) is 5.78 Å². The van der Waals surface area contributed by atoms with Gasteiger partial charge >= 0.3 is 0 Å². The zero-order chi connectivity index (χ0) is 14.9. The molecule has 0 atom stereocenters. The van der Waals surface area contributed by atoms with Gasteiger partial charge in [0.2, 0.25) is 0 Å². The van der Waals surface area contributed by atoms with Crippen LogP contribution in [0.5, 0.6) is 0 Å². The predicted molar refractivity (Wildman–Crippen MR) is 86.8 cm³/mol. The van der Waals surface area contributed by atoms with Crippen LogP contribution in [0.3, 0.4) is 0 Å². The van der Waals surface area contributed by atoms with Gasteiger partial charge in [-0.15, -0.1) is 0 Å². The van der Waals surface area contributed by atoms with Gasteiger partial charge in [-0.25, -0.2) is 0 Å². The van der Waals surface area contributed by atoms with Crippen molar-refractivity contribution in [3.8, 4) is 0 Å². The molecule has 1 aliphatic rings. The number of ketones is 1. The Kier molecular flexibility index (Phi) is 3.67. The quantitative estimate of drug-likeness (QED) is 0.710. The summed E-state index contributed by atoms with van der Waals surface area (Å²) in [6, 6.07) is 18.3. The summed E-state index contributed by atoms with van der Waals surface area (Å²) in [5.41, 5.74) is 2.78. The molecule has 0 spiro atoms. The second-order valence-electron chi connectivity index (χ2n) is 6.57. The zero-order valence-corrected chi connectivity index (χ0v) is 12.8. The minimum Gasteiger partial charge on any atom is -0.293 e. The predicted octanol–water partition coefficient (Wildman–Crippen LogP) is 5.11. The van der Waals surface area contributed by atoms with E-state index in [2.05, 4.69) is 12.1 Å². The van der Waals surface area contributed by atoms with Crippen molar-refractivity contribution in [2.24, 2.45) is 0 Å². The lowest BCUT2D eigenvalue weighted by molar-refractivity contribution is 0.0908. The monoisotopic (exact) mass is 278 g/mol. The Balaban J connectivity index is 1.84. The first-order valence-corrected chi connectivity index (χ1v) is 7.79. The fraction of sp³-hybridized carbons (Fsp3) is 0.350. The fourth-order valence-corrected chi connectivity index (χ4v) is 2.99. The van der Waals surface area contributed by atoms with Crippen LogP contribution >= 0.6 is 0 Å². The lowest BCUT2D eigenvalue weighted by Crippen LogP contribution is -2.29. The molecule has 0 heterocycles. The van der Waals surface area contributed by atoms with E-state index in [4.69, 9.17) is 0 Å². The summed E-state index contributed by atoms with van der Waals surface area (Å²) < 4.78 is 0. The standard InChI is InChI=1S/C20H22O/c1-20(2,18-9-4-3-5-10-18)19(21)17-13-11-16(12-14-17)15-7-6-8-15/h3-5,9-15H,6-8H2,1-2H3. The highest BCUT2D eigenvalue weighted by molar-refractivity contribution is 6.03. The molecule has 1 heteroatoms. The van der Waals surface area contributed by atoms with Crippen LogP contribution in [0.25, 0.3) is 0 Å². The van der Waals surface area contributed by atoms with Gasteiger partial charge in [0, 0.05) is 5.56 Å². The number of carbonyl (C=O) groups is 1. The smallest absolute Gasteiger partial charge is 0.172 e. The van der Waals surface area contributed by atoms with Gasteiger partial charge in [0.25, 0.3) is 0 Å². The second kappa shape index (κ2) is 5.48. The van der Waals surface area contributed by atoms with Gasteiger partial charge in [0.15, 0.2) is 5.78 Å². The fourth-order valence-electron chi connectivity index (χ4n) is 2.99. The van der Waals surface area contributed by atoms with Crippen molar-refractivity contribution in [2.45, 2.75) is 44.4 Å². The molecule has 0 aromatic heterocycles. The van der Waals surface area contributed by atoms with Crippen LogP contribution in [0.2, 0.25) is 0 Å². The maximum atomic E-state index is 12.8. The normalized spacial score (nSPS) is 15.5. The average Bonchev–Trinajstić information content (AvgIpc) is 2.46. The van der Waals surface area contributed by atoms with E-state index >= 15 is 0 Å². The van der Waals surface area contributed by atoms with Gasteiger partial charge in [-0.1, -0.05) is 61.0 Å². The molecule has 0 amide bonds. The maximum absolute atomic E-state index is 12.8. The third-order valence-corrected chi connectivity index (χ3v) is 4.81.